The number of likely N-dealkylation sites (tertiary alicyclic amines) is 1. The minimum absolute atomic E-state index is 0.00668. The fourth-order valence-corrected chi connectivity index (χ4v) is 3.09. The largest absolute Gasteiger partial charge is 0.349 e. The summed E-state index contributed by atoms with van der Waals surface area (Å²) in [7, 11) is 0. The molecule has 1 aliphatic heterocycles. The number of benzene rings is 1. The molecule has 1 aromatic carbocycles. The number of alkyl halides is 1. The van der Waals surface area contributed by atoms with Gasteiger partial charge in [0.05, 0.1) is 0 Å². The number of aryl methyl sites for hydroxylation is 1. The van der Waals surface area contributed by atoms with Crippen LogP contribution in [-0.2, 0) is 11.3 Å². The summed E-state index contributed by atoms with van der Waals surface area (Å²) < 4.78 is 15.0. The van der Waals surface area contributed by atoms with Crippen molar-refractivity contribution in [3.05, 3.63) is 65.5 Å². The number of pyridine rings is 1. The summed E-state index contributed by atoms with van der Waals surface area (Å²) in [6.45, 7) is 2.64. The Morgan fingerprint density at radius 1 is 1.19 bits per heavy atom. The van der Waals surface area contributed by atoms with Gasteiger partial charge in [-0.25, -0.2) is 4.39 Å². The molecule has 0 spiro atoms. The molecule has 0 saturated carbocycles. The lowest BCUT2D eigenvalue weighted by Crippen LogP contribution is -2.52. The minimum atomic E-state index is -1.93. The van der Waals surface area contributed by atoms with Crippen LogP contribution in [0.4, 0.5) is 4.39 Å². The third kappa shape index (κ3) is 4.07. The van der Waals surface area contributed by atoms with Crippen molar-refractivity contribution in [2.45, 2.75) is 32.0 Å². The fourth-order valence-electron chi connectivity index (χ4n) is 3.09. The molecule has 3 rings (SSSR count). The van der Waals surface area contributed by atoms with Crippen molar-refractivity contribution >= 4 is 11.8 Å². The Morgan fingerprint density at radius 2 is 1.88 bits per heavy atom. The second-order valence-electron chi connectivity index (χ2n) is 6.67. The topological polar surface area (TPSA) is 62.3 Å². The Bertz CT molecular complexity index is 787. The van der Waals surface area contributed by atoms with E-state index in [4.69, 9.17) is 0 Å². The number of rotatable bonds is 4. The van der Waals surface area contributed by atoms with Gasteiger partial charge in [0, 0.05) is 50.4 Å². The molecule has 2 aromatic rings. The van der Waals surface area contributed by atoms with Crippen LogP contribution < -0.4 is 5.32 Å². The van der Waals surface area contributed by atoms with Gasteiger partial charge >= 0.3 is 0 Å². The van der Waals surface area contributed by atoms with Crippen LogP contribution in [-0.4, -0.2) is 40.5 Å². The first-order valence-corrected chi connectivity index (χ1v) is 8.70. The molecule has 1 aromatic heterocycles. The first kappa shape index (κ1) is 18.0. The SMILES string of the molecule is Cc1cccc(C(=O)N2CCC(F)(C(=O)NCc3ccncc3)CC2)c1. The lowest BCUT2D eigenvalue weighted by Gasteiger charge is -2.35. The highest BCUT2D eigenvalue weighted by molar-refractivity contribution is 5.94. The summed E-state index contributed by atoms with van der Waals surface area (Å²) in [5, 5.41) is 2.65. The van der Waals surface area contributed by atoms with Crippen molar-refractivity contribution in [2.75, 3.05) is 13.1 Å². The Labute approximate surface area is 152 Å². The van der Waals surface area contributed by atoms with Gasteiger partial charge in [0.15, 0.2) is 5.67 Å². The van der Waals surface area contributed by atoms with Gasteiger partial charge in [-0.2, -0.15) is 0 Å². The highest BCUT2D eigenvalue weighted by atomic mass is 19.1. The normalized spacial score (nSPS) is 16.2. The monoisotopic (exact) mass is 355 g/mol. The van der Waals surface area contributed by atoms with Crippen LogP contribution >= 0.6 is 0 Å². The number of amides is 2. The zero-order valence-electron chi connectivity index (χ0n) is 14.7. The van der Waals surface area contributed by atoms with Gasteiger partial charge in [0.25, 0.3) is 11.8 Å². The van der Waals surface area contributed by atoms with Gasteiger partial charge in [0.1, 0.15) is 0 Å². The highest BCUT2D eigenvalue weighted by Crippen LogP contribution is 2.28. The molecule has 26 heavy (non-hydrogen) atoms. The van der Waals surface area contributed by atoms with E-state index in [1.54, 1.807) is 35.5 Å². The number of hydrogen-bond donors (Lipinski definition) is 1. The molecule has 0 aliphatic carbocycles. The first-order chi connectivity index (χ1) is 12.5. The molecular weight excluding hydrogens is 333 g/mol. The highest BCUT2D eigenvalue weighted by Gasteiger charge is 2.42. The molecule has 1 N–H and O–H groups in total. The van der Waals surface area contributed by atoms with Crippen molar-refractivity contribution in [3.8, 4) is 0 Å². The number of nitrogens with one attached hydrogen (secondary N) is 1. The van der Waals surface area contributed by atoms with Crippen molar-refractivity contribution in [1.82, 2.24) is 15.2 Å². The van der Waals surface area contributed by atoms with Crippen molar-refractivity contribution in [2.24, 2.45) is 0 Å². The molecule has 1 fully saturated rings. The number of piperidine rings is 1. The van der Waals surface area contributed by atoms with Gasteiger partial charge in [-0.3, -0.25) is 14.6 Å². The third-order valence-electron chi connectivity index (χ3n) is 4.72. The Hall–Kier alpha value is -2.76. The number of halogens is 1. The van der Waals surface area contributed by atoms with Gasteiger partial charge < -0.3 is 10.2 Å². The van der Waals surface area contributed by atoms with Crippen molar-refractivity contribution in [1.29, 1.82) is 0 Å². The predicted octanol–water partition coefficient (Wildman–Crippen LogP) is 2.65. The maximum Gasteiger partial charge on any atom is 0.258 e. The molecule has 6 heteroatoms. The number of aromatic nitrogens is 1. The van der Waals surface area contributed by atoms with E-state index in [9.17, 15) is 9.59 Å². The summed E-state index contributed by atoms with van der Waals surface area (Å²) in [5.74, 6) is -0.732. The maximum absolute atomic E-state index is 15.0. The van der Waals surface area contributed by atoms with E-state index in [2.05, 4.69) is 10.3 Å². The Balaban J connectivity index is 1.56. The van der Waals surface area contributed by atoms with E-state index in [0.717, 1.165) is 11.1 Å². The average molecular weight is 355 g/mol. The molecule has 1 aliphatic rings. The summed E-state index contributed by atoms with van der Waals surface area (Å²) in [6, 6.07) is 10.9. The van der Waals surface area contributed by atoms with Crippen LogP contribution in [0.3, 0.4) is 0 Å². The number of nitrogens with zero attached hydrogens (tertiary/aromatic N) is 2. The molecule has 2 heterocycles. The predicted molar refractivity (Wildman–Crippen MR) is 96.2 cm³/mol. The van der Waals surface area contributed by atoms with Crippen LogP contribution in [0.15, 0.2) is 48.8 Å². The van der Waals surface area contributed by atoms with Crippen LogP contribution in [0, 0.1) is 6.92 Å². The second kappa shape index (κ2) is 7.64. The average Bonchev–Trinajstić information content (AvgIpc) is 2.67. The minimum Gasteiger partial charge on any atom is -0.349 e. The van der Waals surface area contributed by atoms with Crippen LogP contribution in [0.2, 0.25) is 0 Å². The second-order valence-corrected chi connectivity index (χ2v) is 6.67. The Kier molecular flexibility index (Phi) is 5.30. The van der Waals surface area contributed by atoms with E-state index in [1.807, 2.05) is 25.1 Å². The summed E-state index contributed by atoms with van der Waals surface area (Å²) in [4.78, 5) is 30.3. The quantitative estimate of drug-likeness (QED) is 0.917. The molecule has 2 amide bonds. The lowest BCUT2D eigenvalue weighted by atomic mass is 9.91. The lowest BCUT2D eigenvalue weighted by molar-refractivity contribution is -0.135. The van der Waals surface area contributed by atoms with E-state index in [-0.39, 0.29) is 38.4 Å². The molecule has 5 nitrogen and oxygen atoms in total. The van der Waals surface area contributed by atoms with E-state index in [1.165, 1.54) is 0 Å². The first-order valence-electron chi connectivity index (χ1n) is 8.70. The standard InChI is InChI=1S/C20H22FN3O2/c1-15-3-2-4-17(13-15)18(25)24-11-7-20(21,8-12-24)19(26)23-14-16-5-9-22-10-6-16/h2-6,9-10,13H,7-8,11-12,14H2,1H3,(H,23,26). The maximum atomic E-state index is 15.0. The summed E-state index contributed by atoms with van der Waals surface area (Å²) in [5.41, 5.74) is 0.529. The smallest absolute Gasteiger partial charge is 0.258 e. The molecule has 0 atom stereocenters. The van der Waals surface area contributed by atoms with Crippen LogP contribution in [0.5, 0.6) is 0 Å². The van der Waals surface area contributed by atoms with E-state index >= 15 is 4.39 Å². The van der Waals surface area contributed by atoms with Gasteiger partial charge in [-0.15, -0.1) is 0 Å². The fraction of sp³-hybridized carbons (Fsp3) is 0.350. The molecule has 0 radical (unpaired) electrons. The van der Waals surface area contributed by atoms with E-state index < -0.39 is 11.6 Å². The van der Waals surface area contributed by atoms with Crippen molar-refractivity contribution in [3.63, 3.8) is 0 Å². The van der Waals surface area contributed by atoms with Gasteiger partial charge in [-0.1, -0.05) is 17.7 Å². The van der Waals surface area contributed by atoms with Crippen LogP contribution in [0.1, 0.15) is 34.3 Å². The number of carbonyl (C=O) groups is 2. The zero-order chi connectivity index (χ0) is 18.6. The molecule has 1 saturated heterocycles. The van der Waals surface area contributed by atoms with Gasteiger partial charge in [0.2, 0.25) is 0 Å². The summed E-state index contributed by atoms with van der Waals surface area (Å²) >= 11 is 0. The van der Waals surface area contributed by atoms with Crippen LogP contribution in [0.25, 0.3) is 0 Å². The zero-order valence-corrected chi connectivity index (χ0v) is 14.7. The molecule has 136 valence electrons. The number of carbonyl (C=O) groups excluding carboxylic acids is 2. The molecule has 0 unspecified atom stereocenters. The molecular formula is C20H22FN3O2. The van der Waals surface area contributed by atoms with Gasteiger partial charge in [-0.05, 0) is 36.8 Å². The molecule has 0 bridgehead atoms. The van der Waals surface area contributed by atoms with Crippen molar-refractivity contribution < 1.29 is 14.0 Å². The number of hydrogen-bond acceptors (Lipinski definition) is 3. The Morgan fingerprint density at radius 3 is 2.54 bits per heavy atom. The van der Waals surface area contributed by atoms with E-state index in [0.29, 0.717) is 5.56 Å². The third-order valence-corrected chi connectivity index (χ3v) is 4.72. The summed E-state index contributed by atoms with van der Waals surface area (Å²) in [6.07, 6.45) is 3.27.